The summed E-state index contributed by atoms with van der Waals surface area (Å²) in [5, 5.41) is 10.2. The predicted octanol–water partition coefficient (Wildman–Crippen LogP) is 6.14. The van der Waals surface area contributed by atoms with Crippen LogP contribution in [-0.2, 0) is 9.53 Å². The first-order valence-corrected chi connectivity index (χ1v) is 11.1. The molecule has 0 fully saturated rings. The Bertz CT molecular complexity index is 899. The molecule has 0 aliphatic carbocycles. The van der Waals surface area contributed by atoms with Gasteiger partial charge in [-0.05, 0) is 83.7 Å². The highest BCUT2D eigenvalue weighted by Gasteiger charge is 2.29. The normalized spacial score (nSPS) is 15.1. The second kappa shape index (κ2) is 11.7. The average Bonchev–Trinajstić information content (AvgIpc) is 2.69. The molecule has 5 heteroatoms. The highest BCUT2D eigenvalue weighted by Crippen LogP contribution is 2.31. The van der Waals surface area contributed by atoms with Crippen molar-refractivity contribution in [3.05, 3.63) is 65.5 Å². The maximum Gasteiger partial charge on any atom is 0.303 e. The summed E-state index contributed by atoms with van der Waals surface area (Å²) >= 11 is 0. The van der Waals surface area contributed by atoms with Gasteiger partial charge in [0.15, 0.2) is 0 Å². The minimum absolute atomic E-state index is 0.369. The molecular formula is C27H36O5. The van der Waals surface area contributed by atoms with E-state index < -0.39 is 11.7 Å². The lowest BCUT2D eigenvalue weighted by molar-refractivity contribution is -0.159. The topological polar surface area (TPSA) is 65.0 Å². The average molecular weight is 441 g/mol. The Morgan fingerprint density at radius 1 is 1.16 bits per heavy atom. The minimum Gasteiger partial charge on any atom is -0.489 e. The molecule has 0 bridgehead atoms. The number of fused-ring (bicyclic) bond motifs is 1. The third-order valence-corrected chi connectivity index (χ3v) is 5.29. The Labute approximate surface area is 192 Å². The fourth-order valence-electron chi connectivity index (χ4n) is 3.33. The lowest BCUT2D eigenvalue weighted by Gasteiger charge is -2.28. The molecule has 1 N–H and O–H groups in total. The molecule has 2 rings (SSSR count). The van der Waals surface area contributed by atoms with E-state index in [1.165, 1.54) is 18.1 Å². The first-order chi connectivity index (χ1) is 15.0. The standard InChI is InChI=1S/C27H36O5/c1-19(10-15-26(27(5,6)29)32-22(4)28)8-7-9-20(2)16-17-30-24-14-13-23-12-11-21(3)31-25(23)18-24/h8,11-14,16,18,26,29H,3,7,9-10,15,17H2,1-2,4-6H3/b19-8+,20-16+/t26-/m1/s1. The van der Waals surface area contributed by atoms with E-state index >= 15 is 0 Å². The van der Waals surface area contributed by atoms with E-state index in [-0.39, 0.29) is 5.97 Å². The number of benzene rings is 1. The zero-order valence-corrected chi connectivity index (χ0v) is 19.9. The Morgan fingerprint density at radius 3 is 2.56 bits per heavy atom. The zero-order chi connectivity index (χ0) is 23.7. The number of allylic oxidation sites excluding steroid dienone is 4. The Hall–Kier alpha value is -2.79. The van der Waals surface area contributed by atoms with Crippen molar-refractivity contribution in [3.8, 4) is 11.5 Å². The van der Waals surface area contributed by atoms with Crippen LogP contribution in [0.4, 0.5) is 0 Å². The van der Waals surface area contributed by atoms with E-state index in [0.29, 0.717) is 18.8 Å². The van der Waals surface area contributed by atoms with Gasteiger partial charge in [0.1, 0.15) is 30.0 Å². The number of hydrogen-bond donors (Lipinski definition) is 1. The number of hydrogen-bond acceptors (Lipinski definition) is 5. The van der Waals surface area contributed by atoms with Crippen molar-refractivity contribution in [2.75, 3.05) is 6.61 Å². The molecule has 0 amide bonds. The maximum absolute atomic E-state index is 11.3. The van der Waals surface area contributed by atoms with Crippen molar-refractivity contribution < 1.29 is 24.1 Å². The third kappa shape index (κ3) is 8.75. The van der Waals surface area contributed by atoms with Gasteiger partial charge in [0.05, 0.1) is 5.60 Å². The van der Waals surface area contributed by atoms with Gasteiger partial charge in [-0.25, -0.2) is 0 Å². The molecule has 0 spiro atoms. The van der Waals surface area contributed by atoms with Crippen molar-refractivity contribution in [1.82, 2.24) is 0 Å². The Balaban J connectivity index is 1.76. The van der Waals surface area contributed by atoms with E-state index in [9.17, 15) is 9.90 Å². The van der Waals surface area contributed by atoms with Crippen molar-refractivity contribution in [1.29, 1.82) is 0 Å². The van der Waals surface area contributed by atoms with Crippen LogP contribution in [0.5, 0.6) is 11.5 Å². The van der Waals surface area contributed by atoms with E-state index in [1.54, 1.807) is 13.8 Å². The number of aliphatic hydroxyl groups is 1. The third-order valence-electron chi connectivity index (χ3n) is 5.29. The van der Waals surface area contributed by atoms with Crippen molar-refractivity contribution >= 4 is 12.0 Å². The summed E-state index contributed by atoms with van der Waals surface area (Å²) in [6, 6.07) is 5.80. The van der Waals surface area contributed by atoms with Crippen molar-refractivity contribution in [3.63, 3.8) is 0 Å². The van der Waals surface area contributed by atoms with Gasteiger partial charge in [-0.1, -0.05) is 23.8 Å². The number of carbonyl (C=O) groups excluding carboxylic acids is 1. The molecule has 0 unspecified atom stereocenters. The lowest BCUT2D eigenvalue weighted by atomic mass is 9.95. The van der Waals surface area contributed by atoms with E-state index in [2.05, 4.69) is 32.6 Å². The van der Waals surface area contributed by atoms with Gasteiger partial charge in [0.2, 0.25) is 0 Å². The first kappa shape index (κ1) is 25.5. The quantitative estimate of drug-likeness (QED) is 0.331. The molecule has 1 aromatic rings. The van der Waals surface area contributed by atoms with Crippen LogP contribution in [0.3, 0.4) is 0 Å². The first-order valence-electron chi connectivity index (χ1n) is 11.1. The molecule has 5 nitrogen and oxygen atoms in total. The van der Waals surface area contributed by atoms with Gasteiger partial charge in [-0.2, -0.15) is 0 Å². The summed E-state index contributed by atoms with van der Waals surface area (Å²) in [6.45, 7) is 13.2. The van der Waals surface area contributed by atoms with Crippen LogP contribution in [0, 0.1) is 0 Å². The molecule has 0 radical (unpaired) electrons. The summed E-state index contributed by atoms with van der Waals surface area (Å²) < 4.78 is 16.7. The summed E-state index contributed by atoms with van der Waals surface area (Å²) in [5.41, 5.74) is 2.44. The summed E-state index contributed by atoms with van der Waals surface area (Å²) in [4.78, 5) is 11.3. The number of ether oxygens (including phenoxy) is 3. The van der Waals surface area contributed by atoms with E-state index in [1.807, 2.05) is 30.4 Å². The molecule has 1 atom stereocenters. The molecule has 1 aliphatic heterocycles. The lowest BCUT2D eigenvalue weighted by Crippen LogP contribution is -2.39. The van der Waals surface area contributed by atoms with Crippen LogP contribution in [0.1, 0.15) is 65.9 Å². The fourth-order valence-corrected chi connectivity index (χ4v) is 3.33. The van der Waals surface area contributed by atoms with Gasteiger partial charge >= 0.3 is 5.97 Å². The SMILES string of the molecule is C=C1C=Cc2ccc(OC/C=C(\C)CC/C=C(\C)CC[C@@H](OC(C)=O)C(C)(C)O)cc2O1. The maximum atomic E-state index is 11.3. The molecule has 0 saturated carbocycles. The number of rotatable bonds is 11. The molecular weight excluding hydrogens is 404 g/mol. The molecule has 1 heterocycles. The van der Waals surface area contributed by atoms with E-state index in [0.717, 1.165) is 36.3 Å². The minimum atomic E-state index is -1.06. The number of carbonyl (C=O) groups is 1. The van der Waals surface area contributed by atoms with Gasteiger partial charge in [0.25, 0.3) is 0 Å². The largest absolute Gasteiger partial charge is 0.489 e. The van der Waals surface area contributed by atoms with Gasteiger partial charge in [-0.15, -0.1) is 0 Å². The fraction of sp³-hybridized carbons (Fsp3) is 0.444. The Kier molecular flexibility index (Phi) is 9.33. The summed E-state index contributed by atoms with van der Waals surface area (Å²) in [5.74, 6) is 1.78. The molecule has 32 heavy (non-hydrogen) atoms. The summed E-state index contributed by atoms with van der Waals surface area (Å²) in [7, 11) is 0. The second-order valence-corrected chi connectivity index (χ2v) is 8.84. The van der Waals surface area contributed by atoms with Gasteiger partial charge < -0.3 is 19.3 Å². The van der Waals surface area contributed by atoms with Crippen LogP contribution >= 0.6 is 0 Å². The van der Waals surface area contributed by atoms with Crippen LogP contribution in [-0.4, -0.2) is 29.4 Å². The van der Waals surface area contributed by atoms with Crippen LogP contribution < -0.4 is 9.47 Å². The van der Waals surface area contributed by atoms with Crippen molar-refractivity contribution in [2.45, 2.75) is 72.0 Å². The van der Waals surface area contributed by atoms with Crippen molar-refractivity contribution in [2.24, 2.45) is 0 Å². The summed E-state index contributed by atoms with van der Waals surface area (Å²) in [6.07, 6.45) is 10.8. The highest BCUT2D eigenvalue weighted by atomic mass is 16.6. The highest BCUT2D eigenvalue weighted by molar-refractivity contribution is 5.66. The molecule has 0 saturated heterocycles. The number of esters is 1. The molecule has 1 aliphatic rings. The second-order valence-electron chi connectivity index (χ2n) is 8.84. The van der Waals surface area contributed by atoms with E-state index in [4.69, 9.17) is 14.2 Å². The van der Waals surface area contributed by atoms with Gasteiger partial charge in [0, 0.05) is 18.6 Å². The Morgan fingerprint density at radius 2 is 1.88 bits per heavy atom. The van der Waals surface area contributed by atoms with Crippen LogP contribution in [0.2, 0.25) is 0 Å². The monoisotopic (exact) mass is 440 g/mol. The molecule has 1 aromatic carbocycles. The molecule has 0 aromatic heterocycles. The smallest absolute Gasteiger partial charge is 0.303 e. The zero-order valence-electron chi connectivity index (χ0n) is 19.9. The predicted molar refractivity (Wildman–Crippen MR) is 129 cm³/mol. The molecule has 174 valence electrons. The van der Waals surface area contributed by atoms with Gasteiger partial charge in [-0.3, -0.25) is 4.79 Å². The van der Waals surface area contributed by atoms with Crippen LogP contribution in [0.15, 0.2) is 59.9 Å². The van der Waals surface area contributed by atoms with Crippen LogP contribution in [0.25, 0.3) is 6.08 Å².